The van der Waals surface area contributed by atoms with Crippen molar-refractivity contribution >= 4 is 35.2 Å². The summed E-state index contributed by atoms with van der Waals surface area (Å²) in [6, 6.07) is 23.2. The fourth-order valence-corrected chi connectivity index (χ4v) is 5.00. The highest BCUT2D eigenvalue weighted by molar-refractivity contribution is 7.99. The molecule has 0 aliphatic carbocycles. The number of halogens is 2. The molecule has 0 radical (unpaired) electrons. The number of rotatable bonds is 12. The van der Waals surface area contributed by atoms with Gasteiger partial charge in [-0.3, -0.25) is 9.59 Å². The Labute approximate surface area is 222 Å². The van der Waals surface area contributed by atoms with E-state index >= 15 is 0 Å². The van der Waals surface area contributed by atoms with E-state index in [1.807, 2.05) is 74.5 Å². The maximum Gasteiger partial charge on any atom is 0.243 e. The number of amides is 2. The minimum absolute atomic E-state index is 0.0975. The Morgan fingerprint density at radius 2 is 1.58 bits per heavy atom. The van der Waals surface area contributed by atoms with E-state index in [0.29, 0.717) is 30.1 Å². The van der Waals surface area contributed by atoms with Crippen LogP contribution in [-0.2, 0) is 28.3 Å². The minimum atomic E-state index is -0.684. The Morgan fingerprint density at radius 1 is 0.944 bits per heavy atom. The van der Waals surface area contributed by atoms with Crippen LogP contribution in [0.1, 0.15) is 30.5 Å². The highest BCUT2D eigenvalue weighted by Crippen LogP contribution is 2.25. The van der Waals surface area contributed by atoms with Gasteiger partial charge in [-0.1, -0.05) is 92.2 Å². The summed E-state index contributed by atoms with van der Waals surface area (Å²) in [6.07, 6.45) is 0.396. The molecule has 3 aromatic carbocycles. The van der Waals surface area contributed by atoms with Crippen molar-refractivity contribution in [2.75, 3.05) is 12.3 Å². The lowest BCUT2D eigenvalue weighted by molar-refractivity contribution is -0.139. The number of nitrogens with zero attached hydrogens (tertiary/aromatic N) is 1. The van der Waals surface area contributed by atoms with Crippen molar-refractivity contribution in [3.8, 4) is 0 Å². The van der Waals surface area contributed by atoms with Gasteiger partial charge in [0.15, 0.2) is 0 Å². The van der Waals surface area contributed by atoms with Gasteiger partial charge >= 0.3 is 0 Å². The van der Waals surface area contributed by atoms with Gasteiger partial charge in [0.2, 0.25) is 11.8 Å². The third-order valence-electron chi connectivity index (χ3n) is 5.69. The second-order valence-electron chi connectivity index (χ2n) is 9.04. The molecule has 0 saturated carbocycles. The van der Waals surface area contributed by atoms with E-state index in [-0.39, 0.29) is 29.2 Å². The molecule has 4 nitrogen and oxygen atoms in total. The molecular weight excluding hydrogens is 495 g/mol. The highest BCUT2D eigenvalue weighted by atomic mass is 35.5. The second-order valence-corrected chi connectivity index (χ2v) is 10.4. The normalized spacial score (nSPS) is 11.8. The van der Waals surface area contributed by atoms with E-state index in [1.165, 1.54) is 17.8 Å². The maximum atomic E-state index is 14.2. The van der Waals surface area contributed by atoms with E-state index in [0.717, 1.165) is 11.1 Å². The molecule has 0 heterocycles. The summed E-state index contributed by atoms with van der Waals surface area (Å²) in [4.78, 5) is 28.6. The molecule has 0 saturated heterocycles. The SMILES string of the molecule is CC(C)CNC(=O)[C@@H](Cc1ccccc1)N(Cc1ccccc1)C(=O)CSCc1c(F)cccc1Cl. The second kappa shape index (κ2) is 14.0. The van der Waals surface area contributed by atoms with Gasteiger partial charge < -0.3 is 10.2 Å². The van der Waals surface area contributed by atoms with Gasteiger partial charge in [0, 0.05) is 35.8 Å². The first-order valence-corrected chi connectivity index (χ1v) is 13.5. The van der Waals surface area contributed by atoms with Crippen LogP contribution in [-0.4, -0.2) is 35.1 Å². The maximum absolute atomic E-state index is 14.2. The Bertz CT molecular complexity index is 1110. The van der Waals surface area contributed by atoms with Crippen LogP contribution in [0.3, 0.4) is 0 Å². The quantitative estimate of drug-likeness (QED) is 0.309. The lowest BCUT2D eigenvalue weighted by Crippen LogP contribution is -2.51. The lowest BCUT2D eigenvalue weighted by atomic mass is 10.0. The molecular formula is C29H32ClFN2O2S. The molecule has 3 rings (SSSR count). The third kappa shape index (κ3) is 8.38. The zero-order chi connectivity index (χ0) is 25.9. The molecule has 0 bridgehead atoms. The van der Waals surface area contributed by atoms with Gasteiger partial charge in [-0.2, -0.15) is 0 Å². The van der Waals surface area contributed by atoms with Crippen LogP contribution in [0.5, 0.6) is 0 Å². The van der Waals surface area contributed by atoms with Gasteiger partial charge in [-0.15, -0.1) is 11.8 Å². The molecule has 7 heteroatoms. The molecule has 0 spiro atoms. The minimum Gasteiger partial charge on any atom is -0.354 e. The average Bonchev–Trinajstić information content (AvgIpc) is 2.87. The number of nitrogens with one attached hydrogen (secondary N) is 1. The van der Waals surface area contributed by atoms with Crippen molar-refractivity contribution in [1.29, 1.82) is 0 Å². The molecule has 0 aliphatic rings. The van der Waals surface area contributed by atoms with Crippen LogP contribution in [0.25, 0.3) is 0 Å². The smallest absolute Gasteiger partial charge is 0.243 e. The topological polar surface area (TPSA) is 49.4 Å². The van der Waals surface area contributed by atoms with E-state index in [1.54, 1.807) is 17.0 Å². The first kappa shape index (κ1) is 27.8. The molecule has 36 heavy (non-hydrogen) atoms. The molecule has 1 N–H and O–H groups in total. The summed E-state index contributed by atoms with van der Waals surface area (Å²) in [5.74, 6) is -0.111. The van der Waals surface area contributed by atoms with Crippen molar-refractivity contribution < 1.29 is 14.0 Å². The van der Waals surface area contributed by atoms with Crippen molar-refractivity contribution in [2.45, 2.75) is 38.6 Å². The van der Waals surface area contributed by atoms with Gasteiger partial charge in [0.05, 0.1) is 5.75 Å². The van der Waals surface area contributed by atoms with Crippen LogP contribution < -0.4 is 5.32 Å². The Kier molecular flexibility index (Phi) is 10.8. The first-order valence-electron chi connectivity index (χ1n) is 12.0. The number of benzene rings is 3. The number of hydrogen-bond donors (Lipinski definition) is 1. The van der Waals surface area contributed by atoms with Crippen LogP contribution >= 0.6 is 23.4 Å². The van der Waals surface area contributed by atoms with E-state index in [4.69, 9.17) is 11.6 Å². The highest BCUT2D eigenvalue weighted by Gasteiger charge is 2.30. The zero-order valence-corrected chi connectivity index (χ0v) is 22.2. The summed E-state index contributed by atoms with van der Waals surface area (Å²) < 4.78 is 14.2. The summed E-state index contributed by atoms with van der Waals surface area (Å²) in [5, 5.41) is 3.35. The standard InChI is InChI=1S/C29H32ClFN2O2S/c1-21(2)17-32-29(35)27(16-22-10-5-3-6-11-22)33(18-23-12-7-4-8-13-23)28(34)20-36-19-24-25(30)14-9-15-26(24)31/h3-15,21,27H,16-20H2,1-2H3,(H,32,35)/t27-/m1/s1. The van der Waals surface area contributed by atoms with E-state index in [2.05, 4.69) is 5.32 Å². The molecule has 190 valence electrons. The molecule has 3 aromatic rings. The van der Waals surface area contributed by atoms with E-state index in [9.17, 15) is 14.0 Å². The third-order valence-corrected chi connectivity index (χ3v) is 6.98. The molecule has 0 aliphatic heterocycles. The Balaban J connectivity index is 1.83. The number of thioether (sulfide) groups is 1. The van der Waals surface area contributed by atoms with Gasteiger partial charge in [0.25, 0.3) is 0 Å². The molecule has 2 amide bonds. The van der Waals surface area contributed by atoms with Gasteiger partial charge in [-0.25, -0.2) is 4.39 Å². The Hall–Kier alpha value is -2.83. The van der Waals surface area contributed by atoms with Crippen LogP contribution in [0.2, 0.25) is 5.02 Å². The largest absolute Gasteiger partial charge is 0.354 e. The molecule has 0 fully saturated rings. The fourth-order valence-electron chi connectivity index (χ4n) is 3.75. The predicted octanol–water partition coefficient (Wildman–Crippen LogP) is 6.12. The summed E-state index contributed by atoms with van der Waals surface area (Å²) in [7, 11) is 0. The number of carbonyl (C=O) groups excluding carboxylic acids is 2. The van der Waals surface area contributed by atoms with Crippen molar-refractivity contribution in [3.05, 3.63) is 106 Å². The van der Waals surface area contributed by atoms with Crippen LogP contribution in [0.15, 0.2) is 78.9 Å². The van der Waals surface area contributed by atoms with Crippen LogP contribution in [0, 0.1) is 11.7 Å². The predicted molar refractivity (Wildman–Crippen MR) is 146 cm³/mol. The summed E-state index contributed by atoms with van der Waals surface area (Å²) in [5.41, 5.74) is 2.28. The first-order chi connectivity index (χ1) is 17.3. The monoisotopic (exact) mass is 526 g/mol. The lowest BCUT2D eigenvalue weighted by Gasteiger charge is -2.32. The van der Waals surface area contributed by atoms with Crippen molar-refractivity contribution in [1.82, 2.24) is 10.2 Å². The van der Waals surface area contributed by atoms with Crippen molar-refractivity contribution in [2.24, 2.45) is 5.92 Å². The molecule has 0 unspecified atom stereocenters. The van der Waals surface area contributed by atoms with Gasteiger partial charge in [0.1, 0.15) is 11.9 Å². The summed E-state index contributed by atoms with van der Waals surface area (Å²) >= 11 is 7.44. The fraction of sp³-hybridized carbons (Fsp3) is 0.310. The number of carbonyl (C=O) groups is 2. The van der Waals surface area contributed by atoms with Crippen molar-refractivity contribution in [3.63, 3.8) is 0 Å². The van der Waals surface area contributed by atoms with Gasteiger partial charge in [-0.05, 0) is 29.2 Å². The number of hydrogen-bond acceptors (Lipinski definition) is 3. The zero-order valence-electron chi connectivity index (χ0n) is 20.6. The average molecular weight is 527 g/mol. The summed E-state index contributed by atoms with van der Waals surface area (Å²) in [6.45, 7) is 4.89. The Morgan fingerprint density at radius 3 is 2.19 bits per heavy atom. The molecule has 1 atom stereocenters. The van der Waals surface area contributed by atoms with Crippen LogP contribution in [0.4, 0.5) is 4.39 Å². The molecule has 0 aromatic heterocycles. The van der Waals surface area contributed by atoms with E-state index < -0.39 is 11.9 Å².